The number of carbonyl (C=O) groups is 2. The zero-order valence-electron chi connectivity index (χ0n) is 23.7. The van der Waals surface area contributed by atoms with Crippen molar-refractivity contribution in [2.45, 2.75) is 84.3 Å². The average molecular weight is 520 g/mol. The molecule has 0 N–H and O–H groups in total. The van der Waals surface area contributed by atoms with Crippen LogP contribution in [0.15, 0.2) is 48.5 Å². The van der Waals surface area contributed by atoms with Crippen LogP contribution >= 0.6 is 0 Å². The lowest BCUT2D eigenvalue weighted by Gasteiger charge is -2.44. The van der Waals surface area contributed by atoms with Gasteiger partial charge in [-0.05, 0) is 67.5 Å². The van der Waals surface area contributed by atoms with Crippen molar-refractivity contribution < 1.29 is 14.3 Å². The molecule has 6 nitrogen and oxygen atoms in total. The molecule has 2 aromatic carbocycles. The number of fused-ring (bicyclic) bond motifs is 3. The lowest BCUT2D eigenvalue weighted by atomic mass is 9.92. The van der Waals surface area contributed by atoms with Crippen LogP contribution in [0.2, 0.25) is 0 Å². The van der Waals surface area contributed by atoms with Crippen LogP contribution in [0.5, 0.6) is 5.75 Å². The third-order valence-electron chi connectivity index (χ3n) is 8.21. The Balaban J connectivity index is 1.69. The fourth-order valence-corrected chi connectivity index (χ4v) is 6.00. The molecule has 2 aliphatic heterocycles. The Morgan fingerprint density at radius 3 is 2.42 bits per heavy atom. The van der Waals surface area contributed by atoms with Crippen LogP contribution in [-0.4, -0.2) is 60.4 Å². The summed E-state index contributed by atoms with van der Waals surface area (Å²) in [6.45, 7) is 9.50. The van der Waals surface area contributed by atoms with E-state index in [0.717, 1.165) is 67.9 Å². The highest BCUT2D eigenvalue weighted by Crippen LogP contribution is 2.31. The number of carbonyl (C=O) groups excluding carboxylic acids is 2. The largest absolute Gasteiger partial charge is 0.497 e. The van der Waals surface area contributed by atoms with Crippen LogP contribution in [0.1, 0.15) is 70.4 Å². The first-order valence-corrected chi connectivity index (χ1v) is 14.4. The van der Waals surface area contributed by atoms with Crippen molar-refractivity contribution in [1.82, 2.24) is 9.80 Å². The highest BCUT2D eigenvalue weighted by molar-refractivity contribution is 5.94. The van der Waals surface area contributed by atoms with Gasteiger partial charge in [0.25, 0.3) is 0 Å². The van der Waals surface area contributed by atoms with Gasteiger partial charge in [0.15, 0.2) is 0 Å². The predicted molar refractivity (Wildman–Crippen MR) is 153 cm³/mol. The Morgan fingerprint density at radius 1 is 0.974 bits per heavy atom. The standard InChI is InChI=1S/C32H45N3O3/c1-5-31(36)35-20-18-27-10-8-11-28(34(27)19-17-24(2)3)23-33(22-26-9-6-7-12-30(26)35)32(37)21-25-13-15-29(38-4)16-14-25/h6-7,9,12-16,24,27-28H,5,8,10-11,17-23H2,1-4H3. The Bertz CT molecular complexity index is 1070. The molecule has 2 amide bonds. The SMILES string of the molecule is CCC(=O)N1CCC2CCCC(CN(C(=O)Cc3ccc(OC)cc3)Cc3ccccc31)N2CCC(C)C. The fourth-order valence-electron chi connectivity index (χ4n) is 6.00. The number of nitrogens with zero attached hydrogens (tertiary/aromatic N) is 3. The number of para-hydroxylation sites is 1. The minimum atomic E-state index is 0.128. The average Bonchev–Trinajstić information content (AvgIpc) is 2.93. The van der Waals surface area contributed by atoms with Gasteiger partial charge in [-0.1, -0.05) is 57.5 Å². The number of piperidine rings is 1. The molecule has 0 aromatic heterocycles. The van der Waals surface area contributed by atoms with Gasteiger partial charge in [0, 0.05) is 43.8 Å². The summed E-state index contributed by atoms with van der Waals surface area (Å²) in [7, 11) is 1.65. The summed E-state index contributed by atoms with van der Waals surface area (Å²) < 4.78 is 5.30. The van der Waals surface area contributed by atoms with Gasteiger partial charge in [-0.25, -0.2) is 0 Å². The summed E-state index contributed by atoms with van der Waals surface area (Å²) in [5.41, 5.74) is 2.98. The first-order chi connectivity index (χ1) is 18.4. The van der Waals surface area contributed by atoms with Crippen molar-refractivity contribution in [3.63, 3.8) is 0 Å². The molecule has 0 saturated carbocycles. The maximum absolute atomic E-state index is 13.9. The second kappa shape index (κ2) is 13.3. The van der Waals surface area contributed by atoms with E-state index in [9.17, 15) is 9.59 Å². The van der Waals surface area contributed by atoms with Gasteiger partial charge in [-0.3, -0.25) is 14.5 Å². The van der Waals surface area contributed by atoms with Crippen LogP contribution in [0.25, 0.3) is 0 Å². The number of benzene rings is 2. The molecule has 206 valence electrons. The smallest absolute Gasteiger partial charge is 0.227 e. The van der Waals surface area contributed by atoms with E-state index in [-0.39, 0.29) is 11.8 Å². The van der Waals surface area contributed by atoms with Crippen LogP contribution in [0.3, 0.4) is 0 Å². The number of ether oxygens (including phenoxy) is 1. The van der Waals surface area contributed by atoms with E-state index in [2.05, 4.69) is 35.8 Å². The minimum Gasteiger partial charge on any atom is -0.497 e. The van der Waals surface area contributed by atoms with Crippen LogP contribution in [0.4, 0.5) is 5.69 Å². The molecule has 0 radical (unpaired) electrons. The predicted octanol–water partition coefficient (Wildman–Crippen LogP) is 5.68. The molecular formula is C32H45N3O3. The summed E-state index contributed by atoms with van der Waals surface area (Å²) >= 11 is 0. The molecule has 2 heterocycles. The maximum atomic E-state index is 13.9. The molecule has 2 atom stereocenters. The van der Waals surface area contributed by atoms with Gasteiger partial charge < -0.3 is 14.5 Å². The molecule has 2 unspecified atom stereocenters. The zero-order valence-corrected chi connectivity index (χ0v) is 23.7. The number of rotatable bonds is 7. The maximum Gasteiger partial charge on any atom is 0.227 e. The summed E-state index contributed by atoms with van der Waals surface area (Å²) in [5, 5.41) is 0. The molecule has 0 spiro atoms. The quantitative estimate of drug-likeness (QED) is 0.472. The lowest BCUT2D eigenvalue weighted by molar-refractivity contribution is -0.132. The van der Waals surface area contributed by atoms with E-state index in [0.29, 0.717) is 37.4 Å². The van der Waals surface area contributed by atoms with Gasteiger partial charge in [-0.15, -0.1) is 0 Å². The Hall–Kier alpha value is -2.86. The second-order valence-corrected chi connectivity index (χ2v) is 11.3. The minimum absolute atomic E-state index is 0.128. The van der Waals surface area contributed by atoms with Gasteiger partial charge in [0.05, 0.1) is 13.5 Å². The van der Waals surface area contributed by atoms with Crippen molar-refractivity contribution in [3.05, 3.63) is 59.7 Å². The third kappa shape index (κ3) is 6.96. The number of anilines is 1. The molecule has 0 aliphatic carbocycles. The highest BCUT2D eigenvalue weighted by Gasteiger charge is 2.34. The van der Waals surface area contributed by atoms with E-state index >= 15 is 0 Å². The Kier molecular flexibility index (Phi) is 9.84. The number of methoxy groups -OCH3 is 1. The van der Waals surface area contributed by atoms with Gasteiger partial charge in [-0.2, -0.15) is 0 Å². The molecule has 2 bridgehead atoms. The van der Waals surface area contributed by atoms with Crippen molar-refractivity contribution >= 4 is 17.5 Å². The molecule has 38 heavy (non-hydrogen) atoms. The van der Waals surface area contributed by atoms with E-state index in [4.69, 9.17) is 4.74 Å². The molecule has 2 aliphatic rings. The normalized spacial score (nSPS) is 20.6. The van der Waals surface area contributed by atoms with E-state index in [1.165, 1.54) is 6.42 Å². The molecule has 6 heteroatoms. The van der Waals surface area contributed by atoms with E-state index in [1.54, 1.807) is 7.11 Å². The molecule has 4 rings (SSSR count). The molecule has 1 fully saturated rings. The molecule has 2 aromatic rings. The Morgan fingerprint density at radius 2 is 1.71 bits per heavy atom. The summed E-state index contributed by atoms with van der Waals surface area (Å²) in [5.74, 6) is 1.70. The summed E-state index contributed by atoms with van der Waals surface area (Å²) in [6, 6.07) is 16.7. The van der Waals surface area contributed by atoms with Crippen molar-refractivity contribution in [2.75, 3.05) is 31.6 Å². The van der Waals surface area contributed by atoms with Crippen LogP contribution in [-0.2, 0) is 22.6 Å². The molecule has 1 saturated heterocycles. The highest BCUT2D eigenvalue weighted by atomic mass is 16.5. The first kappa shape index (κ1) is 28.2. The number of hydrogen-bond acceptors (Lipinski definition) is 4. The zero-order chi connectivity index (χ0) is 27.1. The number of hydrogen-bond donors (Lipinski definition) is 0. The van der Waals surface area contributed by atoms with Gasteiger partial charge in [0.2, 0.25) is 11.8 Å². The number of amides is 2. The van der Waals surface area contributed by atoms with E-state index < -0.39 is 0 Å². The Labute approximate surface area is 228 Å². The summed E-state index contributed by atoms with van der Waals surface area (Å²) in [4.78, 5) is 33.8. The first-order valence-electron chi connectivity index (χ1n) is 14.4. The topological polar surface area (TPSA) is 53.1 Å². The van der Waals surface area contributed by atoms with Crippen molar-refractivity contribution in [1.29, 1.82) is 0 Å². The van der Waals surface area contributed by atoms with E-state index in [1.807, 2.05) is 48.2 Å². The summed E-state index contributed by atoms with van der Waals surface area (Å²) in [6.07, 6.45) is 6.37. The third-order valence-corrected chi connectivity index (χ3v) is 8.21. The van der Waals surface area contributed by atoms with Crippen LogP contribution in [0, 0.1) is 5.92 Å². The van der Waals surface area contributed by atoms with Gasteiger partial charge in [0.1, 0.15) is 5.75 Å². The second-order valence-electron chi connectivity index (χ2n) is 11.3. The van der Waals surface area contributed by atoms with Gasteiger partial charge >= 0.3 is 0 Å². The van der Waals surface area contributed by atoms with Crippen molar-refractivity contribution in [3.8, 4) is 5.75 Å². The van der Waals surface area contributed by atoms with Crippen molar-refractivity contribution in [2.24, 2.45) is 5.92 Å². The van der Waals surface area contributed by atoms with Crippen LogP contribution < -0.4 is 9.64 Å². The monoisotopic (exact) mass is 519 g/mol. The molecular weight excluding hydrogens is 474 g/mol. The fraction of sp³-hybridized carbons (Fsp3) is 0.562. The lowest BCUT2D eigenvalue weighted by Crippen LogP contribution is -2.53.